The van der Waals surface area contributed by atoms with Gasteiger partial charge in [-0.15, -0.1) is 0 Å². The van der Waals surface area contributed by atoms with Crippen molar-refractivity contribution >= 4 is 17.8 Å². The van der Waals surface area contributed by atoms with Gasteiger partial charge in [0, 0.05) is 25.4 Å². The van der Waals surface area contributed by atoms with Crippen LogP contribution in [0.4, 0.5) is 4.79 Å². The highest BCUT2D eigenvalue weighted by atomic mass is 32.2. The molecule has 132 valence electrons. The highest BCUT2D eigenvalue weighted by Gasteiger charge is 2.28. The number of benzene rings is 1. The largest absolute Gasteiger partial charge is 0.338 e. The van der Waals surface area contributed by atoms with Crippen molar-refractivity contribution in [2.24, 2.45) is 0 Å². The summed E-state index contributed by atoms with van der Waals surface area (Å²) < 4.78 is 0. The summed E-state index contributed by atoms with van der Waals surface area (Å²) in [6.07, 6.45) is 4.62. The maximum absolute atomic E-state index is 12.7. The fourth-order valence-corrected chi connectivity index (χ4v) is 4.63. The van der Waals surface area contributed by atoms with Crippen LogP contribution >= 0.6 is 11.8 Å². The van der Waals surface area contributed by atoms with Gasteiger partial charge in [0.2, 0.25) is 0 Å². The molecule has 0 spiro atoms. The number of amides is 2. The fourth-order valence-electron chi connectivity index (χ4n) is 3.57. The van der Waals surface area contributed by atoms with E-state index in [1.165, 1.54) is 37.2 Å². The monoisotopic (exact) mass is 347 g/mol. The lowest BCUT2D eigenvalue weighted by atomic mass is 10.1. The summed E-state index contributed by atoms with van der Waals surface area (Å²) in [6, 6.07) is 10.8. The molecular weight excluding hydrogens is 318 g/mol. The van der Waals surface area contributed by atoms with Crippen molar-refractivity contribution in [3.63, 3.8) is 0 Å². The first-order valence-corrected chi connectivity index (χ1v) is 10.4. The van der Waals surface area contributed by atoms with Crippen LogP contribution < -0.4 is 5.32 Å². The third kappa shape index (κ3) is 5.15. The second-order valence-electron chi connectivity index (χ2n) is 6.75. The van der Waals surface area contributed by atoms with Crippen LogP contribution in [0.25, 0.3) is 0 Å². The van der Waals surface area contributed by atoms with E-state index in [1.54, 1.807) is 0 Å². The first-order chi connectivity index (χ1) is 11.8. The van der Waals surface area contributed by atoms with Crippen LogP contribution in [0, 0.1) is 0 Å². The number of rotatable bonds is 5. The average Bonchev–Trinajstić information content (AvgIpc) is 3.00. The van der Waals surface area contributed by atoms with Crippen LogP contribution in [0.1, 0.15) is 24.8 Å². The van der Waals surface area contributed by atoms with Gasteiger partial charge in [0.05, 0.1) is 6.04 Å². The van der Waals surface area contributed by atoms with Gasteiger partial charge in [-0.25, -0.2) is 4.79 Å². The van der Waals surface area contributed by atoms with Crippen LogP contribution in [-0.2, 0) is 6.42 Å². The summed E-state index contributed by atoms with van der Waals surface area (Å²) in [7, 11) is 0. The molecular formula is C19H29N3OS. The fraction of sp³-hybridized carbons (Fsp3) is 0.632. The number of urea groups is 1. The van der Waals surface area contributed by atoms with Crippen molar-refractivity contribution < 1.29 is 4.79 Å². The minimum Gasteiger partial charge on any atom is -0.338 e. The molecule has 0 saturated carbocycles. The Balaban J connectivity index is 1.51. The van der Waals surface area contributed by atoms with Gasteiger partial charge < -0.3 is 15.1 Å². The van der Waals surface area contributed by atoms with Crippen molar-refractivity contribution in [1.29, 1.82) is 0 Å². The lowest BCUT2D eigenvalue weighted by molar-refractivity contribution is 0.162. The van der Waals surface area contributed by atoms with Crippen molar-refractivity contribution in [2.75, 3.05) is 44.2 Å². The molecule has 2 fully saturated rings. The molecule has 0 radical (unpaired) electrons. The Bertz CT molecular complexity index is 505. The van der Waals surface area contributed by atoms with E-state index in [4.69, 9.17) is 0 Å². The molecule has 2 saturated heterocycles. The third-order valence-corrected chi connectivity index (χ3v) is 6.10. The van der Waals surface area contributed by atoms with E-state index in [2.05, 4.69) is 39.4 Å². The summed E-state index contributed by atoms with van der Waals surface area (Å²) in [5.41, 5.74) is 1.28. The number of carbonyl (C=O) groups excluding carboxylic acids is 1. The van der Waals surface area contributed by atoms with Crippen LogP contribution in [0.15, 0.2) is 30.3 Å². The molecule has 4 nitrogen and oxygen atoms in total. The van der Waals surface area contributed by atoms with Gasteiger partial charge in [-0.05, 0) is 50.1 Å². The van der Waals surface area contributed by atoms with Crippen molar-refractivity contribution in [3.8, 4) is 0 Å². The molecule has 1 aromatic carbocycles. The molecule has 24 heavy (non-hydrogen) atoms. The number of nitrogens with zero attached hydrogens (tertiary/aromatic N) is 2. The first kappa shape index (κ1) is 17.6. The smallest absolute Gasteiger partial charge is 0.317 e. The van der Waals surface area contributed by atoms with Crippen molar-refractivity contribution in [2.45, 2.75) is 31.7 Å². The lowest BCUT2D eigenvalue weighted by Gasteiger charge is -2.32. The minimum absolute atomic E-state index is 0.123. The molecule has 3 rings (SSSR count). The number of hydrogen-bond acceptors (Lipinski definition) is 3. The van der Waals surface area contributed by atoms with E-state index in [0.717, 1.165) is 31.7 Å². The summed E-state index contributed by atoms with van der Waals surface area (Å²) in [6.45, 7) is 5.04. The maximum atomic E-state index is 12.7. The molecule has 0 unspecified atom stereocenters. The first-order valence-electron chi connectivity index (χ1n) is 9.21. The van der Waals surface area contributed by atoms with Crippen LogP contribution in [0.3, 0.4) is 0 Å². The predicted octanol–water partition coefficient (Wildman–Crippen LogP) is 2.84. The number of likely N-dealkylation sites (tertiary alicyclic amines) is 1. The molecule has 1 atom stereocenters. The molecule has 1 aromatic rings. The summed E-state index contributed by atoms with van der Waals surface area (Å²) in [5, 5.41) is 3.14. The van der Waals surface area contributed by atoms with E-state index in [-0.39, 0.29) is 6.03 Å². The second-order valence-corrected chi connectivity index (χ2v) is 7.90. The van der Waals surface area contributed by atoms with Crippen LogP contribution in [0.5, 0.6) is 0 Å². The average molecular weight is 348 g/mol. The van der Waals surface area contributed by atoms with E-state index in [9.17, 15) is 4.79 Å². The Kier molecular flexibility index (Phi) is 6.85. The molecule has 0 aliphatic carbocycles. The minimum atomic E-state index is 0.123. The van der Waals surface area contributed by atoms with Gasteiger partial charge in [0.25, 0.3) is 0 Å². The molecule has 2 amide bonds. The number of carbonyl (C=O) groups is 1. The van der Waals surface area contributed by atoms with E-state index in [1.807, 2.05) is 17.8 Å². The number of hydrogen-bond donors (Lipinski definition) is 1. The Morgan fingerprint density at radius 3 is 2.71 bits per heavy atom. The molecule has 0 bridgehead atoms. The van der Waals surface area contributed by atoms with Crippen molar-refractivity contribution in [3.05, 3.63) is 35.9 Å². The summed E-state index contributed by atoms with van der Waals surface area (Å²) in [5.74, 6) is 2.24. The summed E-state index contributed by atoms with van der Waals surface area (Å²) >= 11 is 2.00. The standard InChI is InChI=1S/C19H29N3OS/c23-19(20-10-9-17-7-2-1-3-8-17)22-13-6-14-24-16-18(22)15-21-11-4-5-12-21/h1-3,7-8,18H,4-6,9-16H2,(H,20,23)/t18-/m1/s1. The second kappa shape index (κ2) is 9.33. The van der Waals surface area contributed by atoms with Gasteiger partial charge in [-0.1, -0.05) is 30.3 Å². The van der Waals surface area contributed by atoms with Gasteiger partial charge >= 0.3 is 6.03 Å². The van der Waals surface area contributed by atoms with E-state index < -0.39 is 0 Å². The molecule has 2 aliphatic rings. The molecule has 1 N–H and O–H groups in total. The van der Waals surface area contributed by atoms with Gasteiger partial charge in [0.1, 0.15) is 0 Å². The highest BCUT2D eigenvalue weighted by molar-refractivity contribution is 7.99. The zero-order valence-corrected chi connectivity index (χ0v) is 15.3. The summed E-state index contributed by atoms with van der Waals surface area (Å²) in [4.78, 5) is 17.3. The molecule has 0 aromatic heterocycles. The van der Waals surface area contributed by atoms with Gasteiger partial charge in [-0.2, -0.15) is 11.8 Å². The van der Waals surface area contributed by atoms with Crippen LogP contribution in [-0.4, -0.2) is 66.1 Å². The van der Waals surface area contributed by atoms with Crippen LogP contribution in [0.2, 0.25) is 0 Å². The topological polar surface area (TPSA) is 35.6 Å². The Labute approximate surface area is 150 Å². The highest BCUT2D eigenvalue weighted by Crippen LogP contribution is 2.19. The van der Waals surface area contributed by atoms with Gasteiger partial charge in [-0.3, -0.25) is 0 Å². The quantitative estimate of drug-likeness (QED) is 0.890. The molecule has 2 heterocycles. The number of nitrogens with one attached hydrogen (secondary N) is 1. The third-order valence-electron chi connectivity index (χ3n) is 4.90. The molecule has 5 heteroatoms. The Morgan fingerprint density at radius 2 is 1.92 bits per heavy atom. The Hall–Kier alpha value is -1.20. The van der Waals surface area contributed by atoms with E-state index >= 15 is 0 Å². The lowest BCUT2D eigenvalue weighted by Crippen LogP contribution is -2.51. The Morgan fingerprint density at radius 1 is 1.12 bits per heavy atom. The van der Waals surface area contributed by atoms with E-state index in [0.29, 0.717) is 12.6 Å². The van der Waals surface area contributed by atoms with Crippen molar-refractivity contribution in [1.82, 2.24) is 15.1 Å². The SMILES string of the molecule is O=C(NCCc1ccccc1)N1CCCSC[C@H]1CN1CCCC1. The van der Waals surface area contributed by atoms with Gasteiger partial charge in [0.15, 0.2) is 0 Å². The normalized spacial score (nSPS) is 22.3. The number of thioether (sulfide) groups is 1. The molecule has 2 aliphatic heterocycles. The predicted molar refractivity (Wildman–Crippen MR) is 102 cm³/mol. The maximum Gasteiger partial charge on any atom is 0.317 e. The zero-order chi connectivity index (χ0) is 16.6. The zero-order valence-electron chi connectivity index (χ0n) is 14.5.